The highest BCUT2D eigenvalue weighted by molar-refractivity contribution is 6.09. The van der Waals surface area contributed by atoms with Gasteiger partial charge in [0.2, 0.25) is 0 Å². The quantitative estimate of drug-likeness (QED) is 0.247. The van der Waals surface area contributed by atoms with E-state index in [1.807, 2.05) is 16.8 Å². The highest BCUT2D eigenvalue weighted by atomic mass is 19.2. The lowest BCUT2D eigenvalue weighted by molar-refractivity contribution is 0.0999. The van der Waals surface area contributed by atoms with Gasteiger partial charge in [0.05, 0.1) is 48.4 Å². The Hall–Kier alpha value is -4.18. The van der Waals surface area contributed by atoms with Crippen molar-refractivity contribution in [3.8, 4) is 11.1 Å². The lowest BCUT2D eigenvalue weighted by atomic mass is 9.91. The third-order valence-corrected chi connectivity index (χ3v) is 7.94. The predicted molar refractivity (Wildman–Crippen MR) is 152 cm³/mol. The molecule has 10 heteroatoms. The maximum absolute atomic E-state index is 13.9. The lowest BCUT2D eigenvalue weighted by Gasteiger charge is -2.18. The Kier molecular flexibility index (Phi) is 6.81. The number of carbonyl (C=O) groups excluding carboxylic acids is 1. The normalized spacial score (nSPS) is 14.4. The number of rotatable bonds is 9. The van der Waals surface area contributed by atoms with Crippen molar-refractivity contribution in [2.75, 3.05) is 0 Å². The van der Waals surface area contributed by atoms with Gasteiger partial charge in [-0.05, 0) is 73.4 Å². The Morgan fingerprint density at radius 1 is 1.10 bits per heavy atom. The van der Waals surface area contributed by atoms with Gasteiger partial charge < -0.3 is 10.8 Å². The van der Waals surface area contributed by atoms with Gasteiger partial charge in [0.1, 0.15) is 0 Å². The molecule has 0 aliphatic heterocycles. The van der Waals surface area contributed by atoms with Crippen molar-refractivity contribution in [2.24, 2.45) is 17.6 Å². The highest BCUT2D eigenvalue weighted by Crippen LogP contribution is 2.42. The summed E-state index contributed by atoms with van der Waals surface area (Å²) >= 11 is 0. The molecule has 0 bridgehead atoms. The van der Waals surface area contributed by atoms with E-state index >= 15 is 0 Å². The third kappa shape index (κ3) is 4.86. The Morgan fingerprint density at radius 2 is 1.88 bits per heavy atom. The fraction of sp³-hybridized carbons (Fsp3) is 0.355. The molecular weight excluding hydrogens is 526 g/mol. The van der Waals surface area contributed by atoms with Crippen LogP contribution in [0.3, 0.4) is 0 Å². The Labute approximate surface area is 235 Å². The molecular formula is C31H32F2N6O2. The summed E-state index contributed by atoms with van der Waals surface area (Å²) in [5, 5.41) is 21.1. The van der Waals surface area contributed by atoms with E-state index in [4.69, 9.17) is 15.8 Å². The molecule has 1 aliphatic carbocycles. The average Bonchev–Trinajstić information content (AvgIpc) is 3.58. The summed E-state index contributed by atoms with van der Waals surface area (Å²) in [4.78, 5) is 18.0. The first kappa shape index (κ1) is 27.0. The number of nitrogens with zero attached hydrogens (tertiary/aromatic N) is 5. The van der Waals surface area contributed by atoms with Crippen LogP contribution in [0.15, 0.2) is 42.7 Å². The minimum atomic E-state index is -0.932. The maximum atomic E-state index is 13.9. The molecule has 212 valence electrons. The fourth-order valence-corrected chi connectivity index (χ4v) is 5.80. The molecule has 0 radical (unpaired) electrons. The number of hydrogen-bond donors (Lipinski definition) is 2. The van der Waals surface area contributed by atoms with Crippen molar-refractivity contribution in [3.05, 3.63) is 76.7 Å². The van der Waals surface area contributed by atoms with E-state index in [1.165, 1.54) is 6.07 Å². The number of aliphatic hydroxyl groups is 1. The molecule has 0 saturated heterocycles. The van der Waals surface area contributed by atoms with Crippen LogP contribution in [0.2, 0.25) is 0 Å². The first-order chi connectivity index (χ1) is 19.7. The smallest absolute Gasteiger partial charge is 0.251 e. The monoisotopic (exact) mass is 558 g/mol. The molecule has 6 rings (SSSR count). The standard InChI is InChI=1S/C31H32F2N6O2/c1-16(2)8-26-28(30(34)41)27(23-13-36-39(31(23)37-26)17(3)19-5-6-19)20-10-21-12-35-38(29(21)22(11-20)15-40)14-18-4-7-24(32)25(33)9-18/h4,7,9-13,16-17,19,40H,5-6,8,14-15H2,1-3H3,(H2,34,41). The largest absolute Gasteiger partial charge is 0.392 e. The number of nitrogens with two attached hydrogens (primary N) is 1. The number of aromatic nitrogens is 5. The van der Waals surface area contributed by atoms with Crippen LogP contribution in [-0.2, 0) is 19.6 Å². The molecule has 5 aromatic rings. The molecule has 8 nitrogen and oxygen atoms in total. The summed E-state index contributed by atoms with van der Waals surface area (Å²) in [6, 6.07) is 7.63. The second kappa shape index (κ2) is 10.3. The number of benzene rings is 2. The first-order valence-corrected chi connectivity index (χ1v) is 13.9. The van der Waals surface area contributed by atoms with Crippen molar-refractivity contribution in [1.82, 2.24) is 24.5 Å². The Bertz CT molecular complexity index is 1800. The molecule has 1 fully saturated rings. The van der Waals surface area contributed by atoms with Gasteiger partial charge in [-0.25, -0.2) is 18.4 Å². The lowest BCUT2D eigenvalue weighted by Crippen LogP contribution is -2.19. The topological polar surface area (TPSA) is 112 Å². The minimum absolute atomic E-state index is 0.171. The summed E-state index contributed by atoms with van der Waals surface area (Å²) in [5.41, 5.74) is 10.8. The van der Waals surface area contributed by atoms with Crippen LogP contribution in [0.1, 0.15) is 66.8 Å². The molecule has 3 heterocycles. The number of hydrogen-bond acceptors (Lipinski definition) is 5. The van der Waals surface area contributed by atoms with Gasteiger partial charge in [-0.1, -0.05) is 19.9 Å². The van der Waals surface area contributed by atoms with Crippen LogP contribution in [-0.4, -0.2) is 35.6 Å². The highest BCUT2D eigenvalue weighted by Gasteiger charge is 2.32. The second-order valence-corrected chi connectivity index (χ2v) is 11.5. The van der Waals surface area contributed by atoms with E-state index in [9.17, 15) is 18.7 Å². The molecule has 41 heavy (non-hydrogen) atoms. The van der Waals surface area contributed by atoms with E-state index in [-0.39, 0.29) is 25.1 Å². The van der Waals surface area contributed by atoms with Gasteiger partial charge in [0.15, 0.2) is 17.3 Å². The molecule has 1 aliphatic rings. The van der Waals surface area contributed by atoms with Crippen molar-refractivity contribution >= 4 is 27.8 Å². The van der Waals surface area contributed by atoms with Crippen molar-refractivity contribution in [2.45, 2.75) is 59.2 Å². The number of aliphatic hydroxyl groups excluding tert-OH is 1. The Balaban J connectivity index is 1.56. The Morgan fingerprint density at radius 3 is 2.54 bits per heavy atom. The zero-order valence-corrected chi connectivity index (χ0v) is 23.2. The zero-order valence-electron chi connectivity index (χ0n) is 23.2. The van der Waals surface area contributed by atoms with Gasteiger partial charge in [-0.2, -0.15) is 10.2 Å². The van der Waals surface area contributed by atoms with Crippen LogP contribution in [0, 0.1) is 23.5 Å². The second-order valence-electron chi connectivity index (χ2n) is 11.5. The predicted octanol–water partition coefficient (Wildman–Crippen LogP) is 5.54. The third-order valence-electron chi connectivity index (χ3n) is 7.94. The summed E-state index contributed by atoms with van der Waals surface area (Å²) in [7, 11) is 0. The number of halogens is 2. The molecule has 3 aromatic heterocycles. The molecule has 3 N–H and O–H groups in total. The van der Waals surface area contributed by atoms with E-state index < -0.39 is 17.5 Å². The van der Waals surface area contributed by atoms with Crippen molar-refractivity contribution < 1.29 is 18.7 Å². The summed E-state index contributed by atoms with van der Waals surface area (Å²) < 4.78 is 30.9. The number of fused-ring (bicyclic) bond motifs is 2. The molecule has 1 saturated carbocycles. The van der Waals surface area contributed by atoms with E-state index in [0.29, 0.717) is 57.0 Å². The number of carbonyl (C=O) groups is 1. The molecule has 2 aromatic carbocycles. The summed E-state index contributed by atoms with van der Waals surface area (Å²) in [5.74, 6) is -1.65. The van der Waals surface area contributed by atoms with Crippen molar-refractivity contribution in [1.29, 1.82) is 0 Å². The van der Waals surface area contributed by atoms with Crippen LogP contribution in [0.25, 0.3) is 33.1 Å². The SMILES string of the molecule is CC(C)Cc1nc2c(cnn2C(C)C2CC2)c(-c2cc(CO)c3c(cnn3Cc3ccc(F)c(F)c3)c2)c1C(N)=O. The zero-order chi connectivity index (χ0) is 29.0. The minimum Gasteiger partial charge on any atom is -0.392 e. The van der Waals surface area contributed by atoms with Crippen LogP contribution in [0.5, 0.6) is 0 Å². The maximum Gasteiger partial charge on any atom is 0.251 e. The van der Waals surface area contributed by atoms with E-state index in [0.717, 1.165) is 35.7 Å². The first-order valence-electron chi connectivity index (χ1n) is 13.9. The number of primary amides is 1. The van der Waals surface area contributed by atoms with Crippen LogP contribution >= 0.6 is 0 Å². The fourth-order valence-electron chi connectivity index (χ4n) is 5.80. The van der Waals surface area contributed by atoms with E-state index in [2.05, 4.69) is 25.9 Å². The van der Waals surface area contributed by atoms with Gasteiger partial charge in [0, 0.05) is 21.9 Å². The van der Waals surface area contributed by atoms with Crippen LogP contribution < -0.4 is 5.73 Å². The van der Waals surface area contributed by atoms with Gasteiger partial charge in [-0.3, -0.25) is 9.48 Å². The van der Waals surface area contributed by atoms with Gasteiger partial charge in [-0.15, -0.1) is 0 Å². The van der Waals surface area contributed by atoms with Gasteiger partial charge >= 0.3 is 0 Å². The molecule has 0 spiro atoms. The van der Waals surface area contributed by atoms with E-state index in [1.54, 1.807) is 17.1 Å². The number of amides is 1. The summed E-state index contributed by atoms with van der Waals surface area (Å²) in [6.07, 6.45) is 6.27. The molecule has 1 unspecified atom stereocenters. The summed E-state index contributed by atoms with van der Waals surface area (Å²) in [6.45, 7) is 6.16. The van der Waals surface area contributed by atoms with Crippen LogP contribution in [0.4, 0.5) is 8.78 Å². The number of pyridine rings is 1. The molecule has 1 amide bonds. The van der Waals surface area contributed by atoms with Gasteiger partial charge in [0.25, 0.3) is 5.91 Å². The van der Waals surface area contributed by atoms with Crippen molar-refractivity contribution in [3.63, 3.8) is 0 Å². The average molecular weight is 559 g/mol. The molecule has 1 atom stereocenters.